The number of benzene rings is 2. The van der Waals surface area contributed by atoms with Crippen LogP contribution < -0.4 is 10.5 Å². The Hall–Kier alpha value is -2.00. The number of likely N-dealkylation sites (tertiary alicyclic amines) is 1. The van der Waals surface area contributed by atoms with Gasteiger partial charge in [0, 0.05) is 24.3 Å². The molecule has 1 fully saturated rings. The molecule has 1 saturated heterocycles. The lowest BCUT2D eigenvalue weighted by molar-refractivity contribution is 0.0491. The van der Waals surface area contributed by atoms with Crippen molar-refractivity contribution in [3.63, 3.8) is 0 Å². The van der Waals surface area contributed by atoms with Crippen LogP contribution in [0.25, 0.3) is 0 Å². The molecule has 0 spiro atoms. The van der Waals surface area contributed by atoms with Crippen molar-refractivity contribution in [2.75, 3.05) is 18.8 Å². The van der Waals surface area contributed by atoms with Crippen molar-refractivity contribution in [3.05, 3.63) is 59.7 Å². The molecule has 0 bridgehead atoms. The predicted octanol–water partition coefficient (Wildman–Crippen LogP) is 4.70. The highest BCUT2D eigenvalue weighted by atomic mass is 16.5. The Kier molecular flexibility index (Phi) is 5.87. The number of hydrogen-bond donors (Lipinski definition) is 1. The van der Waals surface area contributed by atoms with Gasteiger partial charge < -0.3 is 10.5 Å². The molecule has 1 aliphatic rings. The molecule has 1 heterocycles. The third-order valence-corrected chi connectivity index (χ3v) is 5.35. The average Bonchev–Trinajstić information content (AvgIpc) is 2.62. The minimum atomic E-state index is 0.259. The van der Waals surface area contributed by atoms with E-state index in [1.54, 1.807) is 0 Å². The van der Waals surface area contributed by atoms with Gasteiger partial charge in [0.1, 0.15) is 11.9 Å². The van der Waals surface area contributed by atoms with Crippen molar-refractivity contribution < 1.29 is 4.74 Å². The maximum absolute atomic E-state index is 6.21. The predicted molar refractivity (Wildman–Crippen MR) is 110 cm³/mol. The van der Waals surface area contributed by atoms with Gasteiger partial charge in [-0.2, -0.15) is 0 Å². The number of aryl methyl sites for hydroxylation is 2. The Morgan fingerprint density at radius 3 is 2.23 bits per heavy atom. The van der Waals surface area contributed by atoms with Crippen LogP contribution in [0.5, 0.6) is 5.75 Å². The van der Waals surface area contributed by atoms with Gasteiger partial charge in [0.25, 0.3) is 0 Å². The SMILES string of the molecule is CC(C)(C)N1CCC(Oc2ccc(CCc3ccccc3N)cc2)CC1. The lowest BCUT2D eigenvalue weighted by Gasteiger charge is -2.40. The summed E-state index contributed by atoms with van der Waals surface area (Å²) >= 11 is 0. The number of nitrogen functional groups attached to an aromatic ring is 1. The number of para-hydroxylation sites is 1. The molecule has 0 unspecified atom stereocenters. The molecular weight excluding hydrogens is 320 g/mol. The number of piperidine rings is 1. The van der Waals surface area contributed by atoms with Crippen LogP contribution in [-0.2, 0) is 12.8 Å². The first-order valence-corrected chi connectivity index (χ1v) is 9.76. The molecule has 0 amide bonds. The monoisotopic (exact) mass is 352 g/mol. The van der Waals surface area contributed by atoms with Crippen molar-refractivity contribution in [2.45, 2.75) is 58.1 Å². The van der Waals surface area contributed by atoms with Crippen LogP contribution in [0.4, 0.5) is 5.69 Å². The van der Waals surface area contributed by atoms with Crippen LogP contribution >= 0.6 is 0 Å². The Morgan fingerprint density at radius 2 is 1.62 bits per heavy atom. The molecule has 0 aromatic heterocycles. The van der Waals surface area contributed by atoms with E-state index >= 15 is 0 Å². The molecule has 140 valence electrons. The van der Waals surface area contributed by atoms with Crippen LogP contribution in [0, 0.1) is 0 Å². The first kappa shape index (κ1) is 18.8. The summed E-state index contributed by atoms with van der Waals surface area (Å²) in [5.74, 6) is 0.988. The van der Waals surface area contributed by atoms with Crippen molar-refractivity contribution in [1.29, 1.82) is 0 Å². The van der Waals surface area contributed by atoms with Crippen molar-refractivity contribution in [3.8, 4) is 5.75 Å². The summed E-state index contributed by atoms with van der Waals surface area (Å²) in [4.78, 5) is 2.55. The smallest absolute Gasteiger partial charge is 0.119 e. The van der Waals surface area contributed by atoms with E-state index in [4.69, 9.17) is 10.5 Å². The second-order valence-electron chi connectivity index (χ2n) is 8.32. The molecule has 3 nitrogen and oxygen atoms in total. The van der Waals surface area contributed by atoms with Crippen LogP contribution in [0.2, 0.25) is 0 Å². The Labute approximate surface area is 158 Å². The van der Waals surface area contributed by atoms with Gasteiger partial charge in [-0.25, -0.2) is 0 Å². The molecule has 3 heteroatoms. The third kappa shape index (κ3) is 5.01. The summed E-state index contributed by atoms with van der Waals surface area (Å²) in [6, 6.07) is 16.7. The van der Waals surface area contributed by atoms with Gasteiger partial charge in [-0.3, -0.25) is 4.90 Å². The molecule has 0 radical (unpaired) electrons. The first-order chi connectivity index (χ1) is 12.4. The average molecular weight is 353 g/mol. The number of anilines is 1. The highest BCUT2D eigenvalue weighted by molar-refractivity contribution is 5.46. The summed E-state index contributed by atoms with van der Waals surface area (Å²) < 4.78 is 6.21. The van der Waals surface area contributed by atoms with Crippen LogP contribution in [0.1, 0.15) is 44.7 Å². The minimum absolute atomic E-state index is 0.259. The van der Waals surface area contributed by atoms with E-state index in [1.165, 1.54) is 11.1 Å². The molecular formula is C23H32N2O. The van der Waals surface area contributed by atoms with Gasteiger partial charge in [-0.1, -0.05) is 30.3 Å². The molecule has 0 aliphatic carbocycles. The van der Waals surface area contributed by atoms with Gasteiger partial charge in [0.15, 0.2) is 0 Å². The zero-order valence-corrected chi connectivity index (χ0v) is 16.4. The molecule has 2 N–H and O–H groups in total. The van der Waals surface area contributed by atoms with Crippen LogP contribution in [0.15, 0.2) is 48.5 Å². The van der Waals surface area contributed by atoms with Gasteiger partial charge in [0.05, 0.1) is 0 Å². The Balaban J connectivity index is 1.48. The van der Waals surface area contributed by atoms with Gasteiger partial charge in [-0.05, 0) is 75.8 Å². The summed E-state index contributed by atoms with van der Waals surface area (Å²) in [5.41, 5.74) is 9.71. The third-order valence-electron chi connectivity index (χ3n) is 5.35. The highest BCUT2D eigenvalue weighted by Gasteiger charge is 2.27. The molecule has 1 aliphatic heterocycles. The maximum Gasteiger partial charge on any atom is 0.119 e. The second kappa shape index (κ2) is 8.13. The molecule has 2 aromatic rings. The topological polar surface area (TPSA) is 38.5 Å². The van der Waals surface area contributed by atoms with Gasteiger partial charge in [0.2, 0.25) is 0 Å². The van der Waals surface area contributed by atoms with E-state index in [9.17, 15) is 0 Å². The summed E-state index contributed by atoms with van der Waals surface area (Å²) in [6.07, 6.45) is 4.51. The van der Waals surface area contributed by atoms with E-state index in [0.29, 0.717) is 6.10 Å². The molecule has 26 heavy (non-hydrogen) atoms. The zero-order chi connectivity index (χ0) is 18.6. The quantitative estimate of drug-likeness (QED) is 0.793. The number of nitrogens with two attached hydrogens (primary N) is 1. The fraction of sp³-hybridized carbons (Fsp3) is 0.478. The Bertz CT molecular complexity index is 695. The number of hydrogen-bond acceptors (Lipinski definition) is 3. The van der Waals surface area contributed by atoms with E-state index in [2.05, 4.69) is 56.0 Å². The number of rotatable bonds is 5. The van der Waals surface area contributed by atoms with Gasteiger partial charge in [-0.15, -0.1) is 0 Å². The van der Waals surface area contributed by atoms with E-state index in [0.717, 1.165) is 50.2 Å². The van der Waals surface area contributed by atoms with E-state index in [-0.39, 0.29) is 5.54 Å². The maximum atomic E-state index is 6.21. The van der Waals surface area contributed by atoms with E-state index in [1.807, 2.05) is 18.2 Å². The van der Waals surface area contributed by atoms with Crippen molar-refractivity contribution in [1.82, 2.24) is 4.90 Å². The second-order valence-corrected chi connectivity index (χ2v) is 8.32. The van der Waals surface area contributed by atoms with Crippen LogP contribution in [0.3, 0.4) is 0 Å². The van der Waals surface area contributed by atoms with Crippen molar-refractivity contribution in [2.24, 2.45) is 0 Å². The fourth-order valence-corrected chi connectivity index (χ4v) is 3.61. The Morgan fingerprint density at radius 1 is 0.962 bits per heavy atom. The standard InChI is InChI=1S/C23H32N2O/c1-23(2,3)25-16-14-21(15-17-25)26-20-12-9-18(10-13-20)8-11-19-6-4-5-7-22(19)24/h4-7,9-10,12-13,21H,8,11,14-17,24H2,1-3H3. The van der Waals surface area contributed by atoms with E-state index < -0.39 is 0 Å². The molecule has 2 aromatic carbocycles. The van der Waals surface area contributed by atoms with Crippen molar-refractivity contribution >= 4 is 5.69 Å². The summed E-state index contributed by atoms with van der Waals surface area (Å²) in [7, 11) is 0. The largest absolute Gasteiger partial charge is 0.490 e. The molecule has 3 rings (SSSR count). The lowest BCUT2D eigenvalue weighted by Crippen LogP contribution is -2.48. The fourth-order valence-electron chi connectivity index (χ4n) is 3.61. The molecule has 0 atom stereocenters. The van der Waals surface area contributed by atoms with Gasteiger partial charge >= 0.3 is 0 Å². The van der Waals surface area contributed by atoms with Crippen LogP contribution in [-0.4, -0.2) is 29.6 Å². The first-order valence-electron chi connectivity index (χ1n) is 9.76. The number of ether oxygens (including phenoxy) is 1. The number of nitrogens with zero attached hydrogens (tertiary/aromatic N) is 1. The molecule has 0 saturated carbocycles. The highest BCUT2D eigenvalue weighted by Crippen LogP contribution is 2.24. The minimum Gasteiger partial charge on any atom is -0.490 e. The lowest BCUT2D eigenvalue weighted by atomic mass is 9.99. The normalized spacial score (nSPS) is 16.6. The zero-order valence-electron chi connectivity index (χ0n) is 16.4. The summed E-state index contributed by atoms with van der Waals surface area (Å²) in [5, 5.41) is 0. The summed E-state index contributed by atoms with van der Waals surface area (Å²) in [6.45, 7) is 9.09.